The Balaban J connectivity index is 1.58. The summed E-state index contributed by atoms with van der Waals surface area (Å²) in [6.45, 7) is 0. The van der Waals surface area contributed by atoms with Crippen molar-refractivity contribution in [3.63, 3.8) is 0 Å². The normalized spacial score (nSPS) is 15.9. The Hall–Kier alpha value is -2.99. The molecule has 0 bridgehead atoms. The Bertz CT molecular complexity index is 1100. The fraction of sp³-hybridized carbons (Fsp3) is 0.240. The molecule has 2 N–H and O–H groups in total. The van der Waals surface area contributed by atoms with Gasteiger partial charge in [0.05, 0.1) is 12.7 Å². The second kappa shape index (κ2) is 9.02. The lowest BCUT2D eigenvalue weighted by atomic mass is 9.95. The van der Waals surface area contributed by atoms with Crippen LogP contribution in [0.5, 0.6) is 11.5 Å². The minimum absolute atomic E-state index is 0.115. The van der Waals surface area contributed by atoms with E-state index in [1.807, 2.05) is 42.5 Å². The van der Waals surface area contributed by atoms with Crippen LogP contribution in [0, 0.1) is 5.82 Å². The molecule has 6 heteroatoms. The van der Waals surface area contributed by atoms with Gasteiger partial charge in [-0.1, -0.05) is 36.4 Å². The Morgan fingerprint density at radius 1 is 1.16 bits per heavy atom. The SMILES string of the molecule is COc1cccc(F)c1-c1cccc2c1CC[C@H]2Oc1ccc(C(S)CC(N)=O)cc1. The van der Waals surface area contributed by atoms with Crippen LogP contribution in [0.1, 0.15) is 40.9 Å². The third kappa shape index (κ3) is 4.39. The number of primary amides is 1. The van der Waals surface area contributed by atoms with E-state index in [0.29, 0.717) is 11.3 Å². The van der Waals surface area contributed by atoms with Crippen LogP contribution >= 0.6 is 12.6 Å². The summed E-state index contributed by atoms with van der Waals surface area (Å²) in [5.41, 5.74) is 9.65. The average molecular weight is 438 g/mol. The highest BCUT2D eigenvalue weighted by atomic mass is 32.1. The first-order chi connectivity index (χ1) is 15.0. The van der Waals surface area contributed by atoms with Crippen molar-refractivity contribution in [1.29, 1.82) is 0 Å². The van der Waals surface area contributed by atoms with Crippen LogP contribution in [0.2, 0.25) is 0 Å². The first kappa shape index (κ1) is 21.2. The van der Waals surface area contributed by atoms with Crippen LogP contribution in [-0.2, 0) is 11.2 Å². The number of methoxy groups -OCH3 is 1. The van der Waals surface area contributed by atoms with Crippen molar-refractivity contribution in [3.8, 4) is 22.6 Å². The Morgan fingerprint density at radius 3 is 2.61 bits per heavy atom. The Kier molecular flexibility index (Phi) is 6.18. The maximum atomic E-state index is 14.7. The zero-order valence-electron chi connectivity index (χ0n) is 17.2. The molecule has 2 atom stereocenters. The number of carbonyl (C=O) groups is 1. The number of benzene rings is 3. The zero-order valence-corrected chi connectivity index (χ0v) is 18.1. The van der Waals surface area contributed by atoms with Gasteiger partial charge in [-0.25, -0.2) is 4.39 Å². The molecule has 0 aliphatic heterocycles. The highest BCUT2D eigenvalue weighted by Gasteiger charge is 2.28. The van der Waals surface area contributed by atoms with E-state index in [0.717, 1.165) is 40.8 Å². The quantitative estimate of drug-likeness (QED) is 0.486. The van der Waals surface area contributed by atoms with Crippen molar-refractivity contribution in [2.45, 2.75) is 30.6 Å². The summed E-state index contributed by atoms with van der Waals surface area (Å²) in [4.78, 5) is 11.1. The van der Waals surface area contributed by atoms with E-state index in [1.165, 1.54) is 6.07 Å². The fourth-order valence-corrected chi connectivity index (χ4v) is 4.50. The lowest BCUT2D eigenvalue weighted by Crippen LogP contribution is -2.12. The highest BCUT2D eigenvalue weighted by Crippen LogP contribution is 2.43. The third-order valence-electron chi connectivity index (χ3n) is 5.62. The van der Waals surface area contributed by atoms with Gasteiger partial charge in [-0.05, 0) is 59.4 Å². The lowest BCUT2D eigenvalue weighted by molar-refractivity contribution is -0.118. The summed E-state index contributed by atoms with van der Waals surface area (Å²) in [5, 5.41) is -0.239. The summed E-state index contributed by atoms with van der Waals surface area (Å²) in [6, 6.07) is 18.3. The van der Waals surface area contributed by atoms with Gasteiger partial charge in [-0.2, -0.15) is 12.6 Å². The Labute approximate surface area is 186 Å². The number of amides is 1. The van der Waals surface area contributed by atoms with Crippen LogP contribution in [-0.4, -0.2) is 13.0 Å². The number of nitrogens with two attached hydrogens (primary N) is 1. The van der Waals surface area contributed by atoms with Gasteiger partial charge in [0.25, 0.3) is 0 Å². The van der Waals surface area contributed by atoms with Crippen molar-refractivity contribution in [2.75, 3.05) is 7.11 Å². The molecule has 160 valence electrons. The molecular formula is C25H24FNO3S. The molecule has 31 heavy (non-hydrogen) atoms. The van der Waals surface area contributed by atoms with E-state index in [9.17, 15) is 9.18 Å². The number of thiol groups is 1. The van der Waals surface area contributed by atoms with Gasteiger partial charge in [-0.15, -0.1) is 0 Å². The van der Waals surface area contributed by atoms with E-state index >= 15 is 0 Å². The van der Waals surface area contributed by atoms with E-state index in [4.69, 9.17) is 15.2 Å². The van der Waals surface area contributed by atoms with Crippen LogP contribution in [0.25, 0.3) is 11.1 Å². The number of hydrogen-bond donors (Lipinski definition) is 2. The molecule has 0 saturated heterocycles. The van der Waals surface area contributed by atoms with Crippen molar-refractivity contribution in [1.82, 2.24) is 0 Å². The summed E-state index contributed by atoms with van der Waals surface area (Å²) < 4.78 is 26.3. The molecule has 3 aromatic carbocycles. The topological polar surface area (TPSA) is 61.6 Å². The first-order valence-electron chi connectivity index (χ1n) is 10.2. The van der Waals surface area contributed by atoms with Gasteiger partial charge >= 0.3 is 0 Å². The second-order valence-electron chi connectivity index (χ2n) is 7.59. The third-order valence-corrected chi connectivity index (χ3v) is 6.10. The van der Waals surface area contributed by atoms with Gasteiger partial charge < -0.3 is 15.2 Å². The van der Waals surface area contributed by atoms with E-state index in [-0.39, 0.29) is 29.5 Å². The van der Waals surface area contributed by atoms with E-state index < -0.39 is 0 Å². The molecule has 3 aromatic rings. The van der Waals surface area contributed by atoms with Gasteiger partial charge in [0.2, 0.25) is 5.91 Å². The molecule has 0 radical (unpaired) electrons. The first-order valence-corrected chi connectivity index (χ1v) is 10.7. The lowest BCUT2D eigenvalue weighted by Gasteiger charge is -2.17. The minimum Gasteiger partial charge on any atom is -0.496 e. The number of fused-ring (bicyclic) bond motifs is 1. The van der Waals surface area contributed by atoms with Gasteiger partial charge in [0.15, 0.2) is 0 Å². The Morgan fingerprint density at radius 2 is 1.90 bits per heavy atom. The molecule has 1 aliphatic carbocycles. The molecule has 0 heterocycles. The van der Waals surface area contributed by atoms with E-state index in [1.54, 1.807) is 19.2 Å². The summed E-state index contributed by atoms with van der Waals surface area (Å²) in [6.07, 6.45) is 1.67. The molecule has 0 saturated carbocycles. The fourth-order valence-electron chi connectivity index (χ4n) is 4.15. The standard InChI is InChI=1S/C25H24FNO3S/c1-29-22-7-3-6-20(26)25(22)19-5-2-4-18-17(19)12-13-21(18)30-16-10-8-15(9-11-16)23(31)14-24(27)28/h2-11,21,23,31H,12-14H2,1H3,(H2,27,28)/t21-,23?/m1/s1. The number of carbonyl (C=O) groups excluding carboxylic acids is 1. The number of hydrogen-bond acceptors (Lipinski definition) is 4. The predicted octanol–water partition coefficient (Wildman–Crippen LogP) is 5.41. The average Bonchev–Trinajstić information content (AvgIpc) is 3.16. The summed E-state index contributed by atoms with van der Waals surface area (Å²) in [7, 11) is 1.55. The molecule has 4 nitrogen and oxygen atoms in total. The van der Waals surface area contributed by atoms with Crippen LogP contribution < -0.4 is 15.2 Å². The van der Waals surface area contributed by atoms with Gasteiger partial charge in [0.1, 0.15) is 23.4 Å². The van der Waals surface area contributed by atoms with Crippen molar-refractivity contribution in [2.24, 2.45) is 5.73 Å². The highest BCUT2D eigenvalue weighted by molar-refractivity contribution is 7.80. The molecule has 0 aromatic heterocycles. The maximum absolute atomic E-state index is 14.7. The van der Waals surface area contributed by atoms with Crippen molar-refractivity contribution in [3.05, 3.63) is 83.2 Å². The minimum atomic E-state index is -0.384. The van der Waals surface area contributed by atoms with E-state index in [2.05, 4.69) is 12.6 Å². The van der Waals surface area contributed by atoms with Crippen LogP contribution in [0.15, 0.2) is 60.7 Å². The number of rotatable bonds is 7. The molecule has 1 amide bonds. The molecule has 0 fully saturated rings. The van der Waals surface area contributed by atoms with Gasteiger partial charge in [0, 0.05) is 11.7 Å². The zero-order chi connectivity index (χ0) is 22.0. The van der Waals surface area contributed by atoms with Gasteiger partial charge in [-0.3, -0.25) is 4.79 Å². The molecule has 1 unspecified atom stereocenters. The molecular weight excluding hydrogens is 413 g/mol. The van der Waals surface area contributed by atoms with Crippen molar-refractivity contribution < 1.29 is 18.7 Å². The second-order valence-corrected chi connectivity index (χ2v) is 8.21. The smallest absolute Gasteiger partial charge is 0.218 e. The van der Waals surface area contributed by atoms with Crippen LogP contribution in [0.3, 0.4) is 0 Å². The molecule has 4 rings (SSSR count). The number of halogens is 1. The molecule has 0 spiro atoms. The number of ether oxygens (including phenoxy) is 2. The summed E-state index contributed by atoms with van der Waals surface area (Å²) in [5.74, 6) is 0.566. The monoisotopic (exact) mass is 437 g/mol. The summed E-state index contributed by atoms with van der Waals surface area (Å²) >= 11 is 4.43. The molecule has 1 aliphatic rings. The van der Waals surface area contributed by atoms with Crippen LogP contribution in [0.4, 0.5) is 4.39 Å². The predicted molar refractivity (Wildman–Crippen MR) is 122 cm³/mol. The largest absolute Gasteiger partial charge is 0.496 e. The maximum Gasteiger partial charge on any atom is 0.218 e. The van der Waals surface area contributed by atoms with Crippen molar-refractivity contribution >= 4 is 18.5 Å².